The molecular formula is C20H21N7O2S. The predicted octanol–water partition coefficient (Wildman–Crippen LogP) is 2.30. The molecule has 1 aliphatic rings. The molecule has 3 aromatic heterocycles. The van der Waals surface area contributed by atoms with Gasteiger partial charge in [-0.1, -0.05) is 30.4 Å². The molecule has 1 amide bonds. The Kier molecular flexibility index (Phi) is 4.70. The number of hydrogen-bond donors (Lipinski definition) is 1. The van der Waals surface area contributed by atoms with E-state index in [1.54, 1.807) is 0 Å². The third-order valence-corrected chi connectivity index (χ3v) is 6.38. The minimum Gasteiger partial charge on any atom is -0.348 e. The summed E-state index contributed by atoms with van der Waals surface area (Å²) in [7, 11) is 0. The van der Waals surface area contributed by atoms with Crippen molar-refractivity contribution in [3.63, 3.8) is 0 Å². The maximum absolute atomic E-state index is 12.7. The lowest BCUT2D eigenvalue weighted by atomic mass is 10.1. The minimum atomic E-state index is -0.396. The van der Waals surface area contributed by atoms with Crippen LogP contribution in [0.3, 0.4) is 0 Å². The first kappa shape index (κ1) is 18.7. The number of carbonyl (C=O) groups excluding carboxylic acids is 1. The maximum Gasteiger partial charge on any atom is 0.352 e. The lowest BCUT2D eigenvalue weighted by molar-refractivity contribution is -0.117. The second-order valence-electron chi connectivity index (χ2n) is 7.32. The van der Waals surface area contributed by atoms with Gasteiger partial charge in [0.2, 0.25) is 5.91 Å². The van der Waals surface area contributed by atoms with Crippen molar-refractivity contribution in [2.75, 3.05) is 23.3 Å². The molecule has 4 aromatic rings. The molecule has 10 heteroatoms. The van der Waals surface area contributed by atoms with Gasteiger partial charge in [-0.25, -0.2) is 18.9 Å². The largest absolute Gasteiger partial charge is 0.352 e. The molecule has 4 heterocycles. The number of benzene rings is 1. The molecule has 0 bridgehead atoms. The first-order chi connectivity index (χ1) is 14.6. The van der Waals surface area contributed by atoms with Crippen molar-refractivity contribution in [2.45, 2.75) is 32.7 Å². The number of anilines is 2. The van der Waals surface area contributed by atoms with E-state index in [1.165, 1.54) is 32.3 Å². The van der Waals surface area contributed by atoms with Gasteiger partial charge in [0, 0.05) is 18.8 Å². The quantitative estimate of drug-likeness (QED) is 0.529. The number of aromatic nitrogens is 5. The maximum atomic E-state index is 12.7. The van der Waals surface area contributed by atoms with E-state index in [-0.39, 0.29) is 12.5 Å². The van der Waals surface area contributed by atoms with Gasteiger partial charge in [-0.15, -0.1) is 5.10 Å². The molecule has 1 aromatic carbocycles. The van der Waals surface area contributed by atoms with Gasteiger partial charge in [0.25, 0.3) is 0 Å². The number of rotatable bonds is 5. The highest BCUT2D eigenvalue weighted by molar-refractivity contribution is 7.22. The average Bonchev–Trinajstić information content (AvgIpc) is 3.48. The van der Waals surface area contributed by atoms with Crippen LogP contribution in [-0.4, -0.2) is 43.1 Å². The van der Waals surface area contributed by atoms with E-state index in [0.717, 1.165) is 42.2 Å². The van der Waals surface area contributed by atoms with Crippen LogP contribution in [-0.2, 0) is 17.8 Å². The van der Waals surface area contributed by atoms with Gasteiger partial charge in [0.1, 0.15) is 17.6 Å². The molecule has 1 aliphatic heterocycles. The summed E-state index contributed by atoms with van der Waals surface area (Å²) >= 11 is 1.49. The number of aryl methyl sites for hydroxylation is 1. The summed E-state index contributed by atoms with van der Waals surface area (Å²) < 4.78 is 3.30. The molecule has 0 aliphatic carbocycles. The van der Waals surface area contributed by atoms with Gasteiger partial charge in [-0.05, 0) is 37.0 Å². The van der Waals surface area contributed by atoms with Crippen molar-refractivity contribution in [2.24, 2.45) is 0 Å². The monoisotopic (exact) mass is 423 g/mol. The highest BCUT2D eigenvalue weighted by Gasteiger charge is 2.20. The standard InChI is InChI=1S/C20H21N7O2S/c1-2-13-5-7-14(8-6-13)22-15(28)11-27-20(29)26-12-21-17-16(18(26)24-27)30-19(23-17)25-9-3-4-10-25/h5-8,12H,2-4,9-11H2,1H3,(H,22,28). The Hall–Kier alpha value is -3.27. The molecule has 0 unspecified atom stereocenters. The number of carbonyl (C=O) groups is 1. The molecule has 0 saturated carbocycles. The van der Waals surface area contributed by atoms with Gasteiger partial charge in [0.15, 0.2) is 16.4 Å². The fourth-order valence-corrected chi connectivity index (χ4v) is 4.68. The Morgan fingerprint density at radius 1 is 1.20 bits per heavy atom. The Morgan fingerprint density at radius 3 is 2.70 bits per heavy atom. The zero-order valence-electron chi connectivity index (χ0n) is 16.5. The van der Waals surface area contributed by atoms with E-state index in [2.05, 4.69) is 32.2 Å². The minimum absolute atomic E-state index is 0.171. The van der Waals surface area contributed by atoms with Crippen molar-refractivity contribution in [3.8, 4) is 0 Å². The van der Waals surface area contributed by atoms with Crippen molar-refractivity contribution in [1.82, 2.24) is 24.1 Å². The molecule has 1 fully saturated rings. The van der Waals surface area contributed by atoms with Crippen LogP contribution in [0.5, 0.6) is 0 Å². The molecule has 0 spiro atoms. The highest BCUT2D eigenvalue weighted by atomic mass is 32.1. The molecule has 154 valence electrons. The SMILES string of the molecule is CCc1ccc(NC(=O)Cn2nc3c4sc(N5CCCC5)nc4ncn3c2=O)cc1. The van der Waals surface area contributed by atoms with E-state index in [0.29, 0.717) is 17.0 Å². The Balaban J connectivity index is 1.42. The van der Waals surface area contributed by atoms with E-state index in [4.69, 9.17) is 0 Å². The van der Waals surface area contributed by atoms with E-state index in [9.17, 15) is 9.59 Å². The van der Waals surface area contributed by atoms with Gasteiger partial charge in [-0.2, -0.15) is 4.98 Å². The summed E-state index contributed by atoms with van der Waals surface area (Å²) in [5.41, 5.74) is 2.54. The average molecular weight is 424 g/mol. The number of amides is 1. The van der Waals surface area contributed by atoms with Gasteiger partial charge in [-0.3, -0.25) is 4.79 Å². The number of nitrogens with one attached hydrogen (secondary N) is 1. The normalized spacial score (nSPS) is 14.1. The van der Waals surface area contributed by atoms with Crippen LogP contribution < -0.4 is 15.9 Å². The number of fused-ring (bicyclic) bond motifs is 3. The summed E-state index contributed by atoms with van der Waals surface area (Å²) in [4.78, 5) is 36.3. The van der Waals surface area contributed by atoms with E-state index in [1.807, 2.05) is 24.3 Å². The second-order valence-corrected chi connectivity index (χ2v) is 8.30. The summed E-state index contributed by atoms with van der Waals surface area (Å²) in [6, 6.07) is 7.65. The van der Waals surface area contributed by atoms with Gasteiger partial charge >= 0.3 is 5.69 Å². The van der Waals surface area contributed by atoms with Crippen molar-refractivity contribution in [3.05, 3.63) is 46.6 Å². The Labute approximate surface area is 176 Å². The molecule has 9 nitrogen and oxygen atoms in total. The number of hydrogen-bond acceptors (Lipinski definition) is 7. The molecule has 0 atom stereocenters. The van der Waals surface area contributed by atoms with Crippen LogP contribution in [0.4, 0.5) is 10.8 Å². The second kappa shape index (κ2) is 7.52. The summed E-state index contributed by atoms with van der Waals surface area (Å²) in [5, 5.41) is 8.12. The fraction of sp³-hybridized carbons (Fsp3) is 0.350. The molecular weight excluding hydrogens is 402 g/mol. The summed E-state index contributed by atoms with van der Waals surface area (Å²) in [6.45, 7) is 3.87. The molecule has 30 heavy (non-hydrogen) atoms. The first-order valence-corrected chi connectivity index (χ1v) is 10.8. The third-order valence-electron chi connectivity index (χ3n) is 5.28. The fourth-order valence-electron chi connectivity index (χ4n) is 3.63. The van der Waals surface area contributed by atoms with Crippen molar-refractivity contribution in [1.29, 1.82) is 0 Å². The van der Waals surface area contributed by atoms with Crippen LogP contribution in [0.15, 0.2) is 35.4 Å². The van der Waals surface area contributed by atoms with Crippen molar-refractivity contribution < 1.29 is 4.79 Å². The predicted molar refractivity (Wildman–Crippen MR) is 116 cm³/mol. The van der Waals surface area contributed by atoms with Crippen LogP contribution >= 0.6 is 11.3 Å². The van der Waals surface area contributed by atoms with Crippen LogP contribution in [0, 0.1) is 0 Å². The highest BCUT2D eigenvalue weighted by Crippen LogP contribution is 2.31. The van der Waals surface area contributed by atoms with Crippen LogP contribution in [0.1, 0.15) is 25.3 Å². The first-order valence-electron chi connectivity index (χ1n) is 10.0. The molecule has 5 rings (SSSR count). The van der Waals surface area contributed by atoms with E-state index >= 15 is 0 Å². The Bertz CT molecular complexity index is 1280. The Morgan fingerprint density at radius 2 is 1.97 bits per heavy atom. The summed E-state index contributed by atoms with van der Waals surface area (Å²) in [5.74, 6) is -0.309. The van der Waals surface area contributed by atoms with Gasteiger partial charge in [0.05, 0.1) is 0 Å². The number of nitrogens with zero attached hydrogens (tertiary/aromatic N) is 6. The summed E-state index contributed by atoms with van der Waals surface area (Å²) in [6.07, 6.45) is 4.68. The van der Waals surface area contributed by atoms with Crippen LogP contribution in [0.25, 0.3) is 16.0 Å². The molecule has 1 saturated heterocycles. The molecule has 0 radical (unpaired) electrons. The smallest absolute Gasteiger partial charge is 0.348 e. The topological polar surface area (TPSA) is 97.4 Å². The zero-order chi connectivity index (χ0) is 20.7. The van der Waals surface area contributed by atoms with E-state index < -0.39 is 5.69 Å². The third kappa shape index (κ3) is 3.32. The van der Waals surface area contributed by atoms with Crippen LogP contribution in [0.2, 0.25) is 0 Å². The number of thiazole rings is 1. The van der Waals surface area contributed by atoms with Gasteiger partial charge < -0.3 is 10.2 Å². The lowest BCUT2D eigenvalue weighted by Gasteiger charge is -2.11. The molecule has 1 N–H and O–H groups in total. The van der Waals surface area contributed by atoms with Crippen molar-refractivity contribution >= 4 is 44.1 Å². The zero-order valence-corrected chi connectivity index (χ0v) is 17.4. The lowest BCUT2D eigenvalue weighted by Crippen LogP contribution is -2.28.